The molecule has 3 aromatic rings. The number of aryl methyl sites for hydroxylation is 2. The quantitative estimate of drug-likeness (QED) is 0.411. The number of rotatable bonds is 8. The molecule has 0 aliphatic carbocycles. The first-order valence-electron chi connectivity index (χ1n) is 9.64. The van der Waals surface area contributed by atoms with Crippen LogP contribution in [0.3, 0.4) is 0 Å². The highest BCUT2D eigenvalue weighted by molar-refractivity contribution is 6.03. The highest BCUT2D eigenvalue weighted by Crippen LogP contribution is 2.22. The number of carbonyl (C=O) groups excluding carboxylic acids is 2. The van der Waals surface area contributed by atoms with Crippen LogP contribution in [-0.4, -0.2) is 46.2 Å². The van der Waals surface area contributed by atoms with Gasteiger partial charge >= 0.3 is 5.97 Å². The van der Waals surface area contributed by atoms with E-state index in [9.17, 15) is 14.4 Å². The van der Waals surface area contributed by atoms with Gasteiger partial charge in [-0.1, -0.05) is 0 Å². The smallest absolute Gasteiger partial charge is 0.342 e. The number of Topliss-reactive ketones (excluding diaryl/α,β-unsaturated/α-hetero) is 1. The molecule has 0 fully saturated rings. The molecule has 0 aromatic carbocycles. The van der Waals surface area contributed by atoms with E-state index in [1.54, 1.807) is 27.0 Å². The molecule has 0 spiro atoms. The molecule has 160 valence electrons. The zero-order valence-corrected chi connectivity index (χ0v) is 17.8. The Kier molecular flexibility index (Phi) is 6.21. The number of methoxy groups -OCH3 is 1. The SMILES string of the molecule is CCOC(=O)c1c(C)oc2ncn(CC(=O)c3cc(C)n(CCOC)c3C)c(=O)c12. The van der Waals surface area contributed by atoms with Crippen LogP contribution in [0.5, 0.6) is 0 Å². The van der Waals surface area contributed by atoms with Gasteiger partial charge in [0, 0.05) is 30.6 Å². The zero-order valence-electron chi connectivity index (χ0n) is 17.8. The maximum Gasteiger partial charge on any atom is 0.342 e. The van der Waals surface area contributed by atoms with Gasteiger partial charge in [0.15, 0.2) is 5.78 Å². The molecule has 0 bridgehead atoms. The summed E-state index contributed by atoms with van der Waals surface area (Å²) in [5.74, 6) is -0.634. The highest BCUT2D eigenvalue weighted by atomic mass is 16.5. The Morgan fingerprint density at radius 3 is 2.63 bits per heavy atom. The van der Waals surface area contributed by atoms with E-state index < -0.39 is 11.5 Å². The number of esters is 1. The Labute approximate surface area is 173 Å². The number of furan rings is 1. The molecule has 0 radical (unpaired) electrons. The molecule has 0 amide bonds. The van der Waals surface area contributed by atoms with Crippen molar-refractivity contribution < 1.29 is 23.5 Å². The lowest BCUT2D eigenvalue weighted by atomic mass is 10.1. The summed E-state index contributed by atoms with van der Waals surface area (Å²) in [6.07, 6.45) is 1.25. The van der Waals surface area contributed by atoms with E-state index in [-0.39, 0.29) is 41.4 Å². The van der Waals surface area contributed by atoms with E-state index in [0.717, 1.165) is 11.4 Å². The minimum atomic E-state index is -0.654. The monoisotopic (exact) mass is 415 g/mol. The third kappa shape index (κ3) is 3.80. The van der Waals surface area contributed by atoms with Crippen molar-refractivity contribution in [3.63, 3.8) is 0 Å². The molecule has 0 aliphatic heterocycles. The van der Waals surface area contributed by atoms with Gasteiger partial charge in [-0.05, 0) is 33.8 Å². The van der Waals surface area contributed by atoms with Crippen molar-refractivity contribution in [2.24, 2.45) is 0 Å². The Balaban J connectivity index is 1.98. The Hall–Kier alpha value is -3.20. The number of carbonyl (C=O) groups is 2. The van der Waals surface area contributed by atoms with Gasteiger partial charge < -0.3 is 18.5 Å². The van der Waals surface area contributed by atoms with E-state index in [1.165, 1.54) is 10.9 Å². The maximum atomic E-state index is 13.0. The van der Waals surface area contributed by atoms with Gasteiger partial charge in [-0.15, -0.1) is 0 Å². The van der Waals surface area contributed by atoms with Crippen LogP contribution in [0.15, 0.2) is 21.6 Å². The maximum absolute atomic E-state index is 13.0. The van der Waals surface area contributed by atoms with E-state index in [2.05, 4.69) is 4.98 Å². The number of nitrogens with zero attached hydrogens (tertiary/aromatic N) is 3. The van der Waals surface area contributed by atoms with Crippen LogP contribution in [-0.2, 0) is 22.6 Å². The predicted octanol–water partition coefficient (Wildman–Crippen LogP) is 2.42. The van der Waals surface area contributed by atoms with Crippen LogP contribution >= 0.6 is 0 Å². The fourth-order valence-corrected chi connectivity index (χ4v) is 3.55. The summed E-state index contributed by atoms with van der Waals surface area (Å²) < 4.78 is 18.8. The second-order valence-electron chi connectivity index (χ2n) is 6.96. The molecule has 0 saturated heterocycles. The lowest BCUT2D eigenvalue weighted by Gasteiger charge is -2.09. The largest absolute Gasteiger partial charge is 0.462 e. The fraction of sp³-hybridized carbons (Fsp3) is 0.429. The molecular weight excluding hydrogens is 390 g/mol. The fourth-order valence-electron chi connectivity index (χ4n) is 3.55. The number of hydrogen-bond acceptors (Lipinski definition) is 7. The van der Waals surface area contributed by atoms with Gasteiger partial charge in [0.1, 0.15) is 23.0 Å². The number of ether oxygens (including phenoxy) is 2. The standard InChI is InChI=1S/C21H25N3O6/c1-6-29-21(27)17-14(4)30-19-18(17)20(26)23(11-22-19)10-16(25)15-9-12(2)24(13(15)3)7-8-28-5/h9,11H,6-8,10H2,1-5H3. The molecule has 3 heterocycles. The lowest BCUT2D eigenvalue weighted by Crippen LogP contribution is -2.25. The summed E-state index contributed by atoms with van der Waals surface area (Å²) >= 11 is 0. The van der Waals surface area contributed by atoms with Crippen LogP contribution in [0.2, 0.25) is 0 Å². The molecule has 9 nitrogen and oxygen atoms in total. The summed E-state index contributed by atoms with van der Waals surface area (Å²) in [6, 6.07) is 1.80. The van der Waals surface area contributed by atoms with E-state index >= 15 is 0 Å². The molecular formula is C21H25N3O6. The summed E-state index contributed by atoms with van der Waals surface area (Å²) in [5.41, 5.74) is 1.84. The van der Waals surface area contributed by atoms with Gasteiger partial charge in [-0.25, -0.2) is 9.78 Å². The number of hydrogen-bond donors (Lipinski definition) is 0. The lowest BCUT2D eigenvalue weighted by molar-refractivity contribution is 0.0526. The van der Waals surface area contributed by atoms with Crippen LogP contribution < -0.4 is 5.56 Å². The van der Waals surface area contributed by atoms with Gasteiger partial charge in [-0.2, -0.15) is 0 Å². The topological polar surface area (TPSA) is 106 Å². The third-order valence-electron chi connectivity index (χ3n) is 5.04. The van der Waals surface area contributed by atoms with Crippen LogP contribution in [0.1, 0.15) is 44.8 Å². The van der Waals surface area contributed by atoms with Crippen molar-refractivity contribution in [3.8, 4) is 0 Å². The number of aromatic nitrogens is 3. The molecule has 0 aliphatic rings. The predicted molar refractivity (Wildman–Crippen MR) is 109 cm³/mol. The number of ketones is 1. The second kappa shape index (κ2) is 8.66. The minimum absolute atomic E-state index is 0.0202. The molecule has 0 N–H and O–H groups in total. The molecule has 9 heteroatoms. The average Bonchev–Trinajstić information content (AvgIpc) is 3.19. The van der Waals surface area contributed by atoms with Gasteiger partial charge in [0.05, 0.1) is 19.8 Å². The van der Waals surface area contributed by atoms with E-state index in [0.29, 0.717) is 18.7 Å². The van der Waals surface area contributed by atoms with Crippen molar-refractivity contribution in [3.05, 3.63) is 51.0 Å². The molecule has 0 atom stereocenters. The van der Waals surface area contributed by atoms with Crippen molar-refractivity contribution in [1.29, 1.82) is 0 Å². The van der Waals surface area contributed by atoms with Crippen LogP contribution in [0.25, 0.3) is 11.1 Å². The summed E-state index contributed by atoms with van der Waals surface area (Å²) in [6.45, 7) is 8.13. The van der Waals surface area contributed by atoms with E-state index in [1.807, 2.05) is 18.4 Å². The highest BCUT2D eigenvalue weighted by Gasteiger charge is 2.25. The summed E-state index contributed by atoms with van der Waals surface area (Å²) in [5, 5.41) is 0.0202. The zero-order chi connectivity index (χ0) is 22.0. The third-order valence-corrected chi connectivity index (χ3v) is 5.04. The molecule has 3 aromatic heterocycles. The summed E-state index contributed by atoms with van der Waals surface area (Å²) in [4.78, 5) is 42.4. The van der Waals surface area contributed by atoms with Crippen molar-refractivity contribution in [2.45, 2.75) is 40.8 Å². The van der Waals surface area contributed by atoms with Crippen LogP contribution in [0.4, 0.5) is 0 Å². The molecule has 0 unspecified atom stereocenters. The normalized spacial score (nSPS) is 11.2. The summed E-state index contributed by atoms with van der Waals surface area (Å²) in [7, 11) is 1.62. The van der Waals surface area contributed by atoms with Gasteiger partial charge in [0.2, 0.25) is 5.71 Å². The Morgan fingerprint density at radius 2 is 1.97 bits per heavy atom. The Bertz CT molecular complexity index is 1170. The number of fused-ring (bicyclic) bond motifs is 1. The van der Waals surface area contributed by atoms with Crippen LogP contribution in [0, 0.1) is 20.8 Å². The van der Waals surface area contributed by atoms with Gasteiger partial charge in [0.25, 0.3) is 5.56 Å². The molecule has 3 rings (SSSR count). The average molecular weight is 415 g/mol. The minimum Gasteiger partial charge on any atom is -0.462 e. The van der Waals surface area contributed by atoms with Gasteiger partial charge in [-0.3, -0.25) is 14.2 Å². The Morgan fingerprint density at radius 1 is 1.23 bits per heavy atom. The first-order chi connectivity index (χ1) is 14.3. The second-order valence-corrected chi connectivity index (χ2v) is 6.96. The van der Waals surface area contributed by atoms with Crippen molar-refractivity contribution >= 4 is 22.9 Å². The van der Waals surface area contributed by atoms with Crippen molar-refractivity contribution in [1.82, 2.24) is 14.1 Å². The first-order valence-corrected chi connectivity index (χ1v) is 9.64. The molecule has 0 saturated carbocycles. The first kappa shape index (κ1) is 21.5. The van der Waals surface area contributed by atoms with E-state index in [4.69, 9.17) is 13.9 Å². The van der Waals surface area contributed by atoms with Crippen molar-refractivity contribution in [2.75, 3.05) is 20.3 Å². The molecule has 30 heavy (non-hydrogen) atoms.